The molecule has 0 fully saturated rings. The summed E-state index contributed by atoms with van der Waals surface area (Å²) in [6.07, 6.45) is 0. The third-order valence-electron chi connectivity index (χ3n) is 3.32. The van der Waals surface area contributed by atoms with Crippen LogP contribution in [0.5, 0.6) is 11.6 Å². The normalized spacial score (nSPS) is 10.0. The lowest BCUT2D eigenvalue weighted by Gasteiger charge is -2.08. The molecule has 1 amide bonds. The Bertz CT molecular complexity index is 1020. The Morgan fingerprint density at radius 2 is 1.88 bits per heavy atom. The Balaban J connectivity index is 1.78. The number of rotatable bonds is 4. The van der Waals surface area contributed by atoms with Gasteiger partial charge in [-0.1, -0.05) is 12.1 Å². The number of nitrogens with zero attached hydrogens (tertiary/aromatic N) is 2. The van der Waals surface area contributed by atoms with Crippen molar-refractivity contribution in [3.63, 3.8) is 0 Å². The predicted molar refractivity (Wildman–Crippen MR) is 89.8 cm³/mol. The van der Waals surface area contributed by atoms with E-state index in [9.17, 15) is 13.6 Å². The van der Waals surface area contributed by atoms with Gasteiger partial charge in [-0.25, -0.2) is 13.8 Å². The Morgan fingerprint density at radius 1 is 1.08 bits per heavy atom. The monoisotopic (exact) mass is 351 g/mol. The van der Waals surface area contributed by atoms with Crippen molar-refractivity contribution >= 4 is 11.6 Å². The van der Waals surface area contributed by atoms with Crippen molar-refractivity contribution in [1.29, 1.82) is 5.26 Å². The van der Waals surface area contributed by atoms with Gasteiger partial charge in [-0.3, -0.25) is 4.79 Å². The number of carbonyl (C=O) groups excluding carboxylic acids is 1. The number of pyridine rings is 1. The molecule has 1 aromatic heterocycles. The first kappa shape index (κ1) is 17.0. The van der Waals surface area contributed by atoms with E-state index in [-0.39, 0.29) is 17.3 Å². The highest BCUT2D eigenvalue weighted by Crippen LogP contribution is 2.21. The second kappa shape index (κ2) is 7.40. The second-order valence-electron chi connectivity index (χ2n) is 5.18. The van der Waals surface area contributed by atoms with E-state index < -0.39 is 17.5 Å². The average molecular weight is 351 g/mol. The van der Waals surface area contributed by atoms with E-state index in [2.05, 4.69) is 10.3 Å². The lowest BCUT2D eigenvalue weighted by Crippen LogP contribution is -2.14. The molecule has 26 heavy (non-hydrogen) atoms. The van der Waals surface area contributed by atoms with Gasteiger partial charge in [-0.2, -0.15) is 5.26 Å². The van der Waals surface area contributed by atoms with E-state index in [1.807, 2.05) is 6.07 Å². The van der Waals surface area contributed by atoms with Gasteiger partial charge in [-0.05, 0) is 36.4 Å². The van der Waals surface area contributed by atoms with E-state index in [0.717, 1.165) is 12.1 Å². The summed E-state index contributed by atoms with van der Waals surface area (Å²) in [4.78, 5) is 16.3. The molecule has 0 bridgehead atoms. The van der Waals surface area contributed by atoms with Crippen molar-refractivity contribution in [2.75, 3.05) is 5.32 Å². The first-order valence-corrected chi connectivity index (χ1v) is 7.46. The molecule has 0 saturated heterocycles. The van der Waals surface area contributed by atoms with Crippen molar-refractivity contribution in [1.82, 2.24) is 4.98 Å². The summed E-state index contributed by atoms with van der Waals surface area (Å²) in [6.45, 7) is 0. The maximum Gasteiger partial charge on any atom is 0.274 e. The molecule has 0 atom stereocenters. The third-order valence-corrected chi connectivity index (χ3v) is 3.32. The number of benzene rings is 2. The molecular weight excluding hydrogens is 340 g/mol. The predicted octanol–water partition coefficient (Wildman–Crippen LogP) is 4.28. The lowest BCUT2D eigenvalue weighted by atomic mass is 10.2. The first-order valence-electron chi connectivity index (χ1n) is 7.46. The number of nitrogens with one attached hydrogen (secondary N) is 1. The number of amides is 1. The molecule has 2 aromatic carbocycles. The topological polar surface area (TPSA) is 75.0 Å². The van der Waals surface area contributed by atoms with Crippen molar-refractivity contribution in [2.24, 2.45) is 0 Å². The number of halogens is 2. The number of hydrogen-bond acceptors (Lipinski definition) is 4. The van der Waals surface area contributed by atoms with Crippen LogP contribution in [-0.2, 0) is 0 Å². The molecule has 3 rings (SSSR count). The largest absolute Gasteiger partial charge is 0.439 e. The molecule has 0 aliphatic carbocycles. The number of carbonyl (C=O) groups is 1. The molecule has 1 N–H and O–H groups in total. The van der Waals surface area contributed by atoms with Crippen LogP contribution < -0.4 is 10.1 Å². The summed E-state index contributed by atoms with van der Waals surface area (Å²) in [5, 5.41) is 11.2. The van der Waals surface area contributed by atoms with Gasteiger partial charge in [0.2, 0.25) is 5.88 Å². The zero-order valence-corrected chi connectivity index (χ0v) is 13.2. The molecule has 0 spiro atoms. The van der Waals surface area contributed by atoms with E-state index in [4.69, 9.17) is 10.00 Å². The molecule has 0 aliphatic rings. The van der Waals surface area contributed by atoms with Crippen LogP contribution in [0.3, 0.4) is 0 Å². The Labute approximate surface area is 147 Å². The molecular formula is C19H11F2N3O2. The minimum absolute atomic E-state index is 0.0114. The highest BCUT2D eigenvalue weighted by molar-refractivity contribution is 6.03. The molecule has 7 heteroatoms. The fraction of sp³-hybridized carbons (Fsp3) is 0. The highest BCUT2D eigenvalue weighted by atomic mass is 19.1. The van der Waals surface area contributed by atoms with Crippen LogP contribution in [0, 0.1) is 23.0 Å². The summed E-state index contributed by atoms with van der Waals surface area (Å²) >= 11 is 0. The zero-order chi connectivity index (χ0) is 18.5. The fourth-order valence-corrected chi connectivity index (χ4v) is 2.13. The molecule has 5 nitrogen and oxygen atoms in total. The Kier molecular flexibility index (Phi) is 4.85. The van der Waals surface area contributed by atoms with Gasteiger partial charge in [0.25, 0.3) is 5.91 Å². The van der Waals surface area contributed by atoms with Crippen LogP contribution in [0.1, 0.15) is 16.1 Å². The molecule has 0 radical (unpaired) electrons. The molecule has 0 unspecified atom stereocenters. The van der Waals surface area contributed by atoms with Crippen molar-refractivity contribution in [3.8, 4) is 17.7 Å². The standard InChI is InChI=1S/C19H11F2N3O2/c20-13-7-8-16(15(21)10-13)24-19(25)17-5-2-6-18(23-17)26-14-4-1-3-12(9-14)11-22/h1-10H,(H,24,25). The number of anilines is 1. The van der Waals surface area contributed by atoms with Gasteiger partial charge in [0.05, 0.1) is 17.3 Å². The number of ether oxygens (including phenoxy) is 1. The smallest absolute Gasteiger partial charge is 0.274 e. The average Bonchev–Trinajstić information content (AvgIpc) is 2.64. The molecule has 128 valence electrons. The quantitative estimate of drug-likeness (QED) is 0.761. The van der Waals surface area contributed by atoms with Crippen LogP contribution in [0.25, 0.3) is 0 Å². The van der Waals surface area contributed by atoms with Crippen LogP contribution in [0.2, 0.25) is 0 Å². The van der Waals surface area contributed by atoms with Gasteiger partial charge in [0.15, 0.2) is 0 Å². The van der Waals surface area contributed by atoms with Gasteiger partial charge in [-0.15, -0.1) is 0 Å². The molecule has 0 aliphatic heterocycles. The lowest BCUT2D eigenvalue weighted by molar-refractivity contribution is 0.102. The van der Waals surface area contributed by atoms with Gasteiger partial charge in [0, 0.05) is 12.1 Å². The van der Waals surface area contributed by atoms with Gasteiger partial charge in [0.1, 0.15) is 23.1 Å². The second-order valence-corrected chi connectivity index (χ2v) is 5.18. The van der Waals surface area contributed by atoms with Gasteiger partial charge >= 0.3 is 0 Å². The fourth-order valence-electron chi connectivity index (χ4n) is 2.13. The summed E-state index contributed by atoms with van der Waals surface area (Å²) in [5.74, 6) is -1.79. The molecule has 3 aromatic rings. The SMILES string of the molecule is N#Cc1cccc(Oc2cccc(C(=O)Nc3ccc(F)cc3F)n2)c1. The maximum absolute atomic E-state index is 13.6. The van der Waals surface area contributed by atoms with Crippen LogP contribution >= 0.6 is 0 Å². The van der Waals surface area contributed by atoms with Crippen molar-refractivity contribution < 1.29 is 18.3 Å². The first-order chi connectivity index (χ1) is 12.5. The number of hydrogen-bond donors (Lipinski definition) is 1. The van der Waals surface area contributed by atoms with Gasteiger partial charge < -0.3 is 10.1 Å². The van der Waals surface area contributed by atoms with Crippen LogP contribution in [-0.4, -0.2) is 10.9 Å². The zero-order valence-electron chi connectivity index (χ0n) is 13.2. The Morgan fingerprint density at radius 3 is 2.65 bits per heavy atom. The van der Waals surface area contributed by atoms with Crippen molar-refractivity contribution in [3.05, 3.63) is 83.6 Å². The minimum atomic E-state index is -0.890. The van der Waals surface area contributed by atoms with E-state index in [0.29, 0.717) is 17.4 Å². The van der Waals surface area contributed by atoms with E-state index in [1.54, 1.807) is 24.3 Å². The number of nitriles is 1. The summed E-state index contributed by atoms with van der Waals surface area (Å²) in [5.41, 5.74) is 0.247. The summed E-state index contributed by atoms with van der Waals surface area (Å²) < 4.78 is 32.1. The Hall–Kier alpha value is -3.79. The number of aromatic nitrogens is 1. The van der Waals surface area contributed by atoms with E-state index >= 15 is 0 Å². The van der Waals surface area contributed by atoms with Crippen LogP contribution in [0.4, 0.5) is 14.5 Å². The summed E-state index contributed by atoms with van der Waals surface area (Å²) in [6, 6.07) is 15.8. The van der Waals surface area contributed by atoms with Crippen LogP contribution in [0.15, 0.2) is 60.7 Å². The maximum atomic E-state index is 13.6. The molecule has 1 heterocycles. The third kappa shape index (κ3) is 3.99. The van der Waals surface area contributed by atoms with E-state index in [1.165, 1.54) is 18.2 Å². The summed E-state index contributed by atoms with van der Waals surface area (Å²) in [7, 11) is 0. The van der Waals surface area contributed by atoms with Crippen molar-refractivity contribution in [2.45, 2.75) is 0 Å². The molecule has 0 saturated carbocycles. The highest BCUT2D eigenvalue weighted by Gasteiger charge is 2.12. The minimum Gasteiger partial charge on any atom is -0.439 e.